The van der Waals surface area contributed by atoms with Crippen LogP contribution in [0.4, 0.5) is 4.79 Å². The van der Waals surface area contributed by atoms with Crippen molar-refractivity contribution in [3.8, 4) is 0 Å². The largest absolute Gasteiger partial charge is 0.450 e. The first-order valence-corrected chi connectivity index (χ1v) is 4.85. The number of aliphatic hydroxyl groups excluding tert-OH is 1. The zero-order chi connectivity index (χ0) is 12.0. The van der Waals surface area contributed by atoms with Crippen molar-refractivity contribution in [1.29, 1.82) is 0 Å². The highest BCUT2D eigenvalue weighted by Gasteiger charge is 2.19. The molecule has 0 aliphatic heterocycles. The first kappa shape index (κ1) is 12.2. The molecule has 5 heteroatoms. The minimum Gasteiger partial charge on any atom is -0.450 e. The summed E-state index contributed by atoms with van der Waals surface area (Å²) >= 11 is 0. The van der Waals surface area contributed by atoms with Crippen molar-refractivity contribution in [2.45, 2.75) is 13.2 Å². The van der Waals surface area contributed by atoms with Gasteiger partial charge in [0.2, 0.25) is 5.78 Å². The van der Waals surface area contributed by atoms with Crippen LogP contribution >= 0.6 is 0 Å². The fraction of sp³-hybridized carbons (Fsp3) is 0.273. The molecule has 0 spiro atoms. The van der Waals surface area contributed by atoms with Crippen LogP contribution in [-0.4, -0.2) is 29.8 Å². The molecular formula is C11H13NO4. The number of aliphatic hydroxyl groups is 1. The molecule has 0 saturated heterocycles. The lowest BCUT2D eigenvalue weighted by molar-refractivity contribution is 0.0635. The molecule has 1 aromatic rings. The molecule has 0 radical (unpaired) electrons. The van der Waals surface area contributed by atoms with Crippen LogP contribution < -0.4 is 5.32 Å². The summed E-state index contributed by atoms with van der Waals surface area (Å²) in [7, 11) is 0. The van der Waals surface area contributed by atoms with Crippen LogP contribution in [-0.2, 0) is 4.74 Å². The number of Topliss-reactive ketones (excluding diaryl/α,β-unsaturated/α-hetero) is 1. The van der Waals surface area contributed by atoms with Gasteiger partial charge in [0.05, 0.1) is 6.61 Å². The molecule has 1 rings (SSSR count). The predicted molar refractivity (Wildman–Crippen MR) is 56.9 cm³/mol. The van der Waals surface area contributed by atoms with Gasteiger partial charge < -0.3 is 9.84 Å². The SMILES string of the molecule is CCOC(=O)N[C@H](O)C(=O)c1ccccc1. The van der Waals surface area contributed by atoms with Gasteiger partial charge in [0.15, 0.2) is 6.23 Å². The van der Waals surface area contributed by atoms with Crippen molar-refractivity contribution < 1.29 is 19.4 Å². The topological polar surface area (TPSA) is 75.6 Å². The molecule has 0 aliphatic carbocycles. The third-order valence-corrected chi connectivity index (χ3v) is 1.84. The fourth-order valence-corrected chi connectivity index (χ4v) is 1.11. The molecular weight excluding hydrogens is 210 g/mol. The quantitative estimate of drug-likeness (QED) is 0.588. The van der Waals surface area contributed by atoms with Crippen LogP contribution in [0.15, 0.2) is 30.3 Å². The average molecular weight is 223 g/mol. The van der Waals surface area contributed by atoms with E-state index >= 15 is 0 Å². The maximum absolute atomic E-state index is 11.6. The van der Waals surface area contributed by atoms with Crippen LogP contribution in [0.25, 0.3) is 0 Å². The second kappa shape index (κ2) is 5.87. The van der Waals surface area contributed by atoms with Crippen LogP contribution in [0.2, 0.25) is 0 Å². The van der Waals surface area contributed by atoms with Crippen molar-refractivity contribution in [2.24, 2.45) is 0 Å². The van der Waals surface area contributed by atoms with Gasteiger partial charge in [-0.1, -0.05) is 30.3 Å². The highest BCUT2D eigenvalue weighted by atomic mass is 16.5. The minimum absolute atomic E-state index is 0.179. The Kier molecular flexibility index (Phi) is 4.47. The Morgan fingerprint density at radius 3 is 2.56 bits per heavy atom. The summed E-state index contributed by atoms with van der Waals surface area (Å²) in [5.74, 6) is -0.575. The molecule has 5 nitrogen and oxygen atoms in total. The number of carbonyl (C=O) groups is 2. The predicted octanol–water partition coefficient (Wildman–Crippen LogP) is 0.934. The number of ketones is 1. The van der Waals surface area contributed by atoms with E-state index in [1.807, 2.05) is 5.32 Å². The second-order valence-corrected chi connectivity index (χ2v) is 3.00. The van der Waals surface area contributed by atoms with Gasteiger partial charge in [-0.15, -0.1) is 0 Å². The smallest absolute Gasteiger partial charge is 0.409 e. The van der Waals surface area contributed by atoms with Crippen molar-refractivity contribution in [2.75, 3.05) is 6.61 Å². The Balaban J connectivity index is 2.58. The fourth-order valence-electron chi connectivity index (χ4n) is 1.11. The van der Waals surface area contributed by atoms with E-state index in [4.69, 9.17) is 0 Å². The third kappa shape index (κ3) is 3.36. The summed E-state index contributed by atoms with van der Waals surface area (Å²) in [5.41, 5.74) is 0.326. The molecule has 0 bridgehead atoms. The van der Waals surface area contributed by atoms with E-state index < -0.39 is 18.1 Å². The number of hydrogen-bond acceptors (Lipinski definition) is 4. The van der Waals surface area contributed by atoms with Crippen LogP contribution in [0.1, 0.15) is 17.3 Å². The molecule has 0 saturated carbocycles. The van der Waals surface area contributed by atoms with Gasteiger partial charge in [0.25, 0.3) is 0 Å². The van der Waals surface area contributed by atoms with Crippen LogP contribution in [0.3, 0.4) is 0 Å². The van der Waals surface area contributed by atoms with Crippen molar-refractivity contribution >= 4 is 11.9 Å². The van der Waals surface area contributed by atoms with Gasteiger partial charge in [0.1, 0.15) is 0 Å². The lowest BCUT2D eigenvalue weighted by Crippen LogP contribution is -2.40. The monoisotopic (exact) mass is 223 g/mol. The molecule has 1 aromatic carbocycles. The number of benzene rings is 1. The minimum atomic E-state index is -1.58. The first-order chi connectivity index (χ1) is 7.65. The maximum atomic E-state index is 11.6. The van der Waals surface area contributed by atoms with Gasteiger partial charge in [-0.25, -0.2) is 4.79 Å². The van der Waals surface area contributed by atoms with Crippen LogP contribution in [0.5, 0.6) is 0 Å². The summed E-state index contributed by atoms with van der Waals surface area (Å²) in [4.78, 5) is 22.5. The number of ether oxygens (including phenoxy) is 1. The van der Waals surface area contributed by atoms with Gasteiger partial charge in [-0.05, 0) is 6.92 Å². The van der Waals surface area contributed by atoms with E-state index in [1.165, 1.54) is 0 Å². The van der Waals surface area contributed by atoms with E-state index in [9.17, 15) is 14.7 Å². The maximum Gasteiger partial charge on any atom is 0.409 e. The molecule has 1 atom stereocenters. The van der Waals surface area contributed by atoms with Crippen molar-refractivity contribution in [1.82, 2.24) is 5.32 Å². The highest BCUT2D eigenvalue weighted by molar-refractivity contribution is 6.00. The Morgan fingerprint density at radius 2 is 2.00 bits per heavy atom. The van der Waals surface area contributed by atoms with Gasteiger partial charge >= 0.3 is 6.09 Å². The van der Waals surface area contributed by atoms with Crippen molar-refractivity contribution in [3.05, 3.63) is 35.9 Å². The summed E-state index contributed by atoms with van der Waals surface area (Å²) in [6.07, 6.45) is -2.40. The number of carbonyl (C=O) groups excluding carboxylic acids is 2. The number of nitrogens with one attached hydrogen (secondary N) is 1. The van der Waals surface area contributed by atoms with E-state index in [0.29, 0.717) is 5.56 Å². The standard InChI is InChI=1S/C11H13NO4/c1-2-16-11(15)12-10(14)9(13)8-6-4-3-5-7-8/h3-7,10,14H,2H2,1H3,(H,12,15)/t10-/m1/s1. The zero-order valence-electron chi connectivity index (χ0n) is 8.84. The third-order valence-electron chi connectivity index (χ3n) is 1.84. The zero-order valence-corrected chi connectivity index (χ0v) is 8.84. The van der Waals surface area contributed by atoms with Gasteiger partial charge in [-0.2, -0.15) is 0 Å². The molecule has 1 amide bonds. The summed E-state index contributed by atoms with van der Waals surface area (Å²) in [6, 6.07) is 8.20. The first-order valence-electron chi connectivity index (χ1n) is 4.85. The number of alkyl carbamates (subject to hydrolysis) is 1. The Labute approximate surface area is 93.0 Å². The van der Waals surface area contributed by atoms with E-state index in [2.05, 4.69) is 4.74 Å². The Bertz CT molecular complexity index is 364. The summed E-state index contributed by atoms with van der Waals surface area (Å²) in [5, 5.41) is 11.4. The number of rotatable bonds is 4. The molecule has 0 aliphatic rings. The van der Waals surface area contributed by atoms with Crippen molar-refractivity contribution in [3.63, 3.8) is 0 Å². The van der Waals surface area contributed by atoms with E-state index in [0.717, 1.165) is 0 Å². The lowest BCUT2D eigenvalue weighted by Gasteiger charge is -2.11. The molecule has 16 heavy (non-hydrogen) atoms. The molecule has 2 N–H and O–H groups in total. The molecule has 0 aromatic heterocycles. The Morgan fingerprint density at radius 1 is 1.38 bits per heavy atom. The molecule has 0 unspecified atom stereocenters. The second-order valence-electron chi connectivity index (χ2n) is 3.00. The summed E-state index contributed by atoms with van der Waals surface area (Å²) in [6.45, 7) is 1.81. The molecule has 0 heterocycles. The lowest BCUT2D eigenvalue weighted by atomic mass is 10.1. The normalized spacial score (nSPS) is 11.6. The molecule has 0 fully saturated rings. The Hall–Kier alpha value is -1.88. The van der Waals surface area contributed by atoms with E-state index in [1.54, 1.807) is 37.3 Å². The van der Waals surface area contributed by atoms with Crippen LogP contribution in [0, 0.1) is 0 Å². The summed E-state index contributed by atoms with van der Waals surface area (Å²) < 4.78 is 4.54. The number of hydrogen-bond donors (Lipinski definition) is 2. The number of amides is 1. The van der Waals surface area contributed by atoms with E-state index in [-0.39, 0.29) is 6.61 Å². The van der Waals surface area contributed by atoms with Gasteiger partial charge in [0, 0.05) is 5.56 Å². The average Bonchev–Trinajstić information content (AvgIpc) is 2.29. The molecule has 86 valence electrons. The highest BCUT2D eigenvalue weighted by Crippen LogP contribution is 2.02. The van der Waals surface area contributed by atoms with Gasteiger partial charge in [-0.3, -0.25) is 10.1 Å².